The topological polar surface area (TPSA) is 42.5 Å². The summed E-state index contributed by atoms with van der Waals surface area (Å²) in [5.74, 6) is 0. The van der Waals surface area contributed by atoms with Crippen molar-refractivity contribution in [2.24, 2.45) is 0 Å². The van der Waals surface area contributed by atoms with Crippen molar-refractivity contribution in [2.45, 2.75) is 123 Å². The minimum absolute atomic E-state index is 0.241. The van der Waals surface area contributed by atoms with E-state index in [0.29, 0.717) is 30.3 Å². The smallest absolute Gasteiger partial charge is 0.0748 e. The van der Waals surface area contributed by atoms with Gasteiger partial charge < -0.3 is 20.1 Å². The van der Waals surface area contributed by atoms with Gasteiger partial charge in [-0.25, -0.2) is 0 Å². The van der Waals surface area contributed by atoms with Gasteiger partial charge in [-0.1, -0.05) is 34.6 Å². The lowest BCUT2D eigenvalue weighted by Gasteiger charge is -2.44. The zero-order valence-electron chi connectivity index (χ0n) is 16.6. The van der Waals surface area contributed by atoms with Gasteiger partial charge in [0.2, 0.25) is 0 Å². The number of rotatable bonds is 9. The number of ether oxygens (including phenoxy) is 2. The summed E-state index contributed by atoms with van der Waals surface area (Å²) in [6.07, 6.45) is 4.11. The molecule has 1 rings (SSSR count). The maximum atomic E-state index is 6.36. The maximum Gasteiger partial charge on any atom is 0.0748 e. The van der Waals surface area contributed by atoms with Crippen LogP contribution >= 0.6 is 0 Å². The Labute approximate surface area is 144 Å². The molecule has 5 unspecified atom stereocenters. The molecular formula is C19H40N2O2. The van der Waals surface area contributed by atoms with Crippen molar-refractivity contribution < 1.29 is 9.47 Å². The fraction of sp³-hybridized carbons (Fsp3) is 1.00. The molecule has 0 aromatic carbocycles. The highest BCUT2D eigenvalue weighted by atomic mass is 16.5. The first-order valence-electron chi connectivity index (χ1n) is 9.55. The predicted molar refractivity (Wildman–Crippen MR) is 98.0 cm³/mol. The van der Waals surface area contributed by atoms with E-state index in [2.05, 4.69) is 66.0 Å². The second-order valence-corrected chi connectivity index (χ2v) is 7.94. The van der Waals surface area contributed by atoms with Crippen molar-refractivity contribution in [3.05, 3.63) is 0 Å². The third kappa shape index (κ3) is 7.51. The molecule has 0 aliphatic heterocycles. The van der Waals surface area contributed by atoms with Crippen LogP contribution in [0.5, 0.6) is 0 Å². The molecule has 0 aromatic heterocycles. The third-order valence-electron chi connectivity index (χ3n) is 4.39. The van der Waals surface area contributed by atoms with E-state index < -0.39 is 0 Å². The summed E-state index contributed by atoms with van der Waals surface area (Å²) in [5.41, 5.74) is 0. The van der Waals surface area contributed by atoms with E-state index in [1.54, 1.807) is 0 Å². The molecule has 0 heterocycles. The molecule has 4 nitrogen and oxygen atoms in total. The SMILES string of the molecule is CCC(C)OC1CC(NC(C)C)C(OC(C)C)CC1NC(C)C. The number of hydrogen-bond donors (Lipinski definition) is 2. The summed E-state index contributed by atoms with van der Waals surface area (Å²) in [4.78, 5) is 0. The Kier molecular flexibility index (Phi) is 9.06. The molecule has 0 amide bonds. The predicted octanol–water partition coefficient (Wildman–Crippen LogP) is 3.49. The van der Waals surface area contributed by atoms with Crippen LogP contribution in [0.1, 0.15) is 74.7 Å². The minimum atomic E-state index is 0.241. The summed E-state index contributed by atoms with van der Waals surface area (Å²) < 4.78 is 12.6. The normalized spacial score (nSPS) is 30.4. The summed E-state index contributed by atoms with van der Waals surface area (Å²) in [6, 6.07) is 1.63. The van der Waals surface area contributed by atoms with Gasteiger partial charge >= 0.3 is 0 Å². The molecule has 4 heteroatoms. The third-order valence-corrected chi connectivity index (χ3v) is 4.39. The van der Waals surface area contributed by atoms with Gasteiger partial charge in [0.25, 0.3) is 0 Å². The van der Waals surface area contributed by atoms with Crippen molar-refractivity contribution in [3.8, 4) is 0 Å². The zero-order valence-corrected chi connectivity index (χ0v) is 16.6. The summed E-state index contributed by atoms with van der Waals surface area (Å²) in [7, 11) is 0. The van der Waals surface area contributed by atoms with Crippen LogP contribution in [0, 0.1) is 0 Å². The number of nitrogens with one attached hydrogen (secondary N) is 2. The number of hydrogen-bond acceptors (Lipinski definition) is 4. The maximum absolute atomic E-state index is 6.36. The summed E-state index contributed by atoms with van der Waals surface area (Å²) in [6.45, 7) is 17.4. The first-order chi connectivity index (χ1) is 10.7. The first-order valence-corrected chi connectivity index (χ1v) is 9.55. The molecule has 2 N–H and O–H groups in total. The standard InChI is InChI=1S/C19H40N2O2/c1-9-15(8)23-19-11-16(20-12(2)3)18(22-14(6)7)10-17(19)21-13(4)5/h12-21H,9-11H2,1-8H3. The molecule has 0 radical (unpaired) electrons. The average Bonchev–Trinajstić information content (AvgIpc) is 2.41. The van der Waals surface area contributed by atoms with Gasteiger partial charge in [-0.2, -0.15) is 0 Å². The Morgan fingerprint density at radius 1 is 0.783 bits per heavy atom. The highest BCUT2D eigenvalue weighted by molar-refractivity contribution is 4.96. The van der Waals surface area contributed by atoms with E-state index in [1.807, 2.05) is 0 Å². The molecule has 1 aliphatic rings. The van der Waals surface area contributed by atoms with Crippen molar-refractivity contribution in [1.82, 2.24) is 10.6 Å². The van der Waals surface area contributed by atoms with E-state index in [-0.39, 0.29) is 18.3 Å². The molecule has 0 saturated heterocycles. The molecule has 138 valence electrons. The van der Waals surface area contributed by atoms with Crippen LogP contribution in [0.4, 0.5) is 0 Å². The molecule has 1 fully saturated rings. The quantitative estimate of drug-likeness (QED) is 0.680. The Balaban J connectivity index is 2.85. The van der Waals surface area contributed by atoms with Crippen molar-refractivity contribution in [2.75, 3.05) is 0 Å². The average molecular weight is 329 g/mol. The van der Waals surface area contributed by atoms with Crippen LogP contribution in [0.15, 0.2) is 0 Å². The van der Waals surface area contributed by atoms with Gasteiger partial charge in [0.15, 0.2) is 0 Å². The molecule has 0 aromatic rings. The first kappa shape index (κ1) is 20.9. The van der Waals surface area contributed by atoms with Gasteiger partial charge in [-0.3, -0.25) is 0 Å². The Hall–Kier alpha value is -0.160. The summed E-state index contributed by atoms with van der Waals surface area (Å²) >= 11 is 0. The van der Waals surface area contributed by atoms with Crippen molar-refractivity contribution in [3.63, 3.8) is 0 Å². The molecular weight excluding hydrogens is 288 g/mol. The highest BCUT2D eigenvalue weighted by Gasteiger charge is 2.39. The van der Waals surface area contributed by atoms with Crippen LogP contribution in [0.3, 0.4) is 0 Å². The molecule has 1 saturated carbocycles. The highest BCUT2D eigenvalue weighted by Crippen LogP contribution is 2.27. The van der Waals surface area contributed by atoms with Crippen molar-refractivity contribution in [1.29, 1.82) is 0 Å². The van der Waals surface area contributed by atoms with Crippen LogP contribution in [-0.4, -0.2) is 48.6 Å². The largest absolute Gasteiger partial charge is 0.374 e. The second kappa shape index (κ2) is 9.97. The van der Waals surface area contributed by atoms with Crippen LogP contribution in [0.25, 0.3) is 0 Å². The van der Waals surface area contributed by atoms with E-state index in [9.17, 15) is 0 Å². The molecule has 5 atom stereocenters. The Bertz CT molecular complexity index is 320. The van der Waals surface area contributed by atoms with E-state index in [4.69, 9.17) is 9.47 Å². The van der Waals surface area contributed by atoms with Gasteiger partial charge in [0.1, 0.15) is 0 Å². The van der Waals surface area contributed by atoms with E-state index in [1.165, 1.54) is 0 Å². The monoisotopic (exact) mass is 328 g/mol. The van der Waals surface area contributed by atoms with Crippen LogP contribution in [0.2, 0.25) is 0 Å². The van der Waals surface area contributed by atoms with Gasteiger partial charge in [0, 0.05) is 24.2 Å². The fourth-order valence-electron chi connectivity index (χ4n) is 3.38. The minimum Gasteiger partial charge on any atom is -0.374 e. The van der Waals surface area contributed by atoms with Gasteiger partial charge in [-0.05, 0) is 40.0 Å². The fourth-order valence-corrected chi connectivity index (χ4v) is 3.38. The molecule has 0 bridgehead atoms. The lowest BCUT2D eigenvalue weighted by Crippen LogP contribution is -2.59. The Morgan fingerprint density at radius 3 is 1.57 bits per heavy atom. The molecule has 0 spiro atoms. The van der Waals surface area contributed by atoms with Gasteiger partial charge in [-0.15, -0.1) is 0 Å². The van der Waals surface area contributed by atoms with E-state index in [0.717, 1.165) is 19.3 Å². The van der Waals surface area contributed by atoms with Crippen molar-refractivity contribution >= 4 is 0 Å². The molecule has 1 aliphatic carbocycles. The lowest BCUT2D eigenvalue weighted by atomic mass is 9.85. The van der Waals surface area contributed by atoms with Gasteiger partial charge in [0.05, 0.1) is 24.4 Å². The van der Waals surface area contributed by atoms with Crippen LogP contribution < -0.4 is 10.6 Å². The van der Waals surface area contributed by atoms with E-state index >= 15 is 0 Å². The Morgan fingerprint density at radius 2 is 1.22 bits per heavy atom. The second-order valence-electron chi connectivity index (χ2n) is 7.94. The molecule has 23 heavy (non-hydrogen) atoms. The summed E-state index contributed by atoms with van der Waals surface area (Å²) in [5, 5.41) is 7.41. The van der Waals surface area contributed by atoms with Crippen LogP contribution in [-0.2, 0) is 9.47 Å². The zero-order chi connectivity index (χ0) is 17.6. The lowest BCUT2D eigenvalue weighted by molar-refractivity contribution is -0.102.